The van der Waals surface area contributed by atoms with Gasteiger partial charge in [0.2, 0.25) is 0 Å². The van der Waals surface area contributed by atoms with Crippen LogP contribution in [-0.4, -0.2) is 83.9 Å². The quantitative estimate of drug-likeness (QED) is 0.114. The zero-order valence-corrected chi connectivity index (χ0v) is 22.0. The zero-order valence-electron chi connectivity index (χ0n) is 15.5. The van der Waals surface area contributed by atoms with Crippen molar-refractivity contribution in [3.8, 4) is 5.75 Å². The number of halogens is 3. The smallest absolute Gasteiger partial charge is 0.257 e. The maximum absolute atomic E-state index is 12.7. The van der Waals surface area contributed by atoms with E-state index in [1.54, 1.807) is 0 Å². The van der Waals surface area contributed by atoms with Gasteiger partial charge in [-0.05, 0) is 67.8 Å². The van der Waals surface area contributed by atoms with E-state index in [9.17, 15) is 19.5 Å². The van der Waals surface area contributed by atoms with E-state index < -0.39 is 43.3 Å². The predicted molar refractivity (Wildman–Crippen MR) is 130 cm³/mol. The first kappa shape index (κ1) is 27.5. The molecule has 0 fully saturated rings. The van der Waals surface area contributed by atoms with Crippen LogP contribution in [0.5, 0.6) is 5.75 Å². The Labute approximate surface area is 212 Å². The lowest BCUT2D eigenvalue weighted by Gasteiger charge is -2.19. The Morgan fingerprint density at radius 3 is 1.87 bits per heavy atom. The Bertz CT molecular complexity index is 807. The summed E-state index contributed by atoms with van der Waals surface area (Å²) >= 11 is 5.51. The minimum atomic E-state index is -1.76. The predicted octanol–water partition coefficient (Wildman–Crippen LogP) is -1.25. The number of carbonyl (C=O) groups excluding carboxylic acids is 3. The number of carbonyl (C=O) groups is 3. The molecule has 0 radical (unpaired) electrons. The highest BCUT2D eigenvalue weighted by Crippen LogP contribution is 2.37. The second kappa shape index (κ2) is 13.1. The first-order valence-electron chi connectivity index (χ1n) is 8.30. The third-order valence-corrected chi connectivity index (χ3v) is 6.65. The van der Waals surface area contributed by atoms with Crippen LogP contribution in [0, 0.1) is 10.7 Å². The van der Waals surface area contributed by atoms with Gasteiger partial charge in [0.05, 0.1) is 37.5 Å². The van der Waals surface area contributed by atoms with Crippen LogP contribution in [0.15, 0.2) is 0 Å². The molecule has 0 aliphatic rings. The average Bonchev–Trinajstić information content (AvgIpc) is 2.69. The van der Waals surface area contributed by atoms with E-state index in [1.807, 2.05) is 67.8 Å². The molecule has 14 heteroatoms. The molecule has 3 amide bonds. The van der Waals surface area contributed by atoms with Gasteiger partial charge in [0.1, 0.15) is 5.75 Å². The number of hydrogen-bond acceptors (Lipinski definition) is 8. The Morgan fingerprint density at radius 1 is 0.933 bits per heavy atom. The Hall–Kier alpha value is -0.540. The number of aliphatic hydroxyl groups is 4. The van der Waals surface area contributed by atoms with Crippen molar-refractivity contribution >= 4 is 85.5 Å². The van der Waals surface area contributed by atoms with E-state index in [1.165, 1.54) is 7.05 Å². The maximum atomic E-state index is 12.7. The summed E-state index contributed by atoms with van der Waals surface area (Å²) < 4.78 is 6.46. The summed E-state index contributed by atoms with van der Waals surface area (Å²) in [4.78, 5) is 37.0. The SMILES string of the molecule is CNC(=O)COc1c(I)c(C(=O)NCC(O)O)c(I)c(C(=O)NCC(O)CO)c1I. The van der Waals surface area contributed by atoms with Gasteiger partial charge in [0.25, 0.3) is 17.7 Å². The van der Waals surface area contributed by atoms with E-state index in [0.29, 0.717) is 7.14 Å². The second-order valence-corrected chi connectivity index (χ2v) is 8.96. The minimum absolute atomic E-state index is 0.0528. The Kier molecular flexibility index (Phi) is 12.0. The van der Waals surface area contributed by atoms with E-state index >= 15 is 0 Å². The molecule has 1 rings (SSSR count). The number of rotatable bonds is 10. The molecular formula is C16H20I3N3O8. The number of aliphatic hydroxyl groups excluding tert-OH is 3. The van der Waals surface area contributed by atoms with Crippen molar-refractivity contribution in [2.24, 2.45) is 0 Å². The van der Waals surface area contributed by atoms with Crippen molar-refractivity contribution in [3.05, 3.63) is 21.8 Å². The topological polar surface area (TPSA) is 177 Å². The molecule has 1 atom stereocenters. The van der Waals surface area contributed by atoms with Crippen molar-refractivity contribution in [2.75, 3.05) is 33.4 Å². The molecule has 0 saturated carbocycles. The van der Waals surface area contributed by atoms with Gasteiger partial charge in [-0.3, -0.25) is 14.4 Å². The van der Waals surface area contributed by atoms with E-state index in [-0.39, 0.29) is 33.6 Å². The second-order valence-electron chi connectivity index (χ2n) is 5.72. The monoisotopic (exact) mass is 763 g/mol. The summed E-state index contributed by atoms with van der Waals surface area (Å²) in [5, 5.41) is 43.6. The molecule has 1 aromatic rings. The number of ether oxygens (including phenoxy) is 1. The van der Waals surface area contributed by atoms with Gasteiger partial charge < -0.3 is 41.1 Å². The Morgan fingerprint density at radius 2 is 1.43 bits per heavy atom. The molecule has 0 aliphatic heterocycles. The number of amides is 3. The van der Waals surface area contributed by atoms with Gasteiger partial charge in [0.15, 0.2) is 12.9 Å². The fourth-order valence-corrected chi connectivity index (χ4v) is 6.47. The number of benzene rings is 1. The van der Waals surface area contributed by atoms with Crippen LogP contribution in [0.3, 0.4) is 0 Å². The highest BCUT2D eigenvalue weighted by atomic mass is 127. The first-order chi connectivity index (χ1) is 14.0. The summed E-state index contributed by atoms with van der Waals surface area (Å²) in [6.07, 6.45) is -2.93. The lowest BCUT2D eigenvalue weighted by atomic mass is 10.1. The van der Waals surface area contributed by atoms with E-state index in [4.69, 9.17) is 20.1 Å². The first-order valence-corrected chi connectivity index (χ1v) is 11.5. The summed E-state index contributed by atoms with van der Waals surface area (Å²) in [5.74, 6) is -1.61. The van der Waals surface area contributed by atoms with Gasteiger partial charge in [-0.1, -0.05) is 0 Å². The molecule has 0 heterocycles. The van der Waals surface area contributed by atoms with Crippen LogP contribution in [-0.2, 0) is 4.79 Å². The molecule has 0 aromatic heterocycles. The minimum Gasteiger partial charge on any atom is -0.481 e. The summed E-state index contributed by atoms with van der Waals surface area (Å²) in [6.45, 7) is -1.56. The highest BCUT2D eigenvalue weighted by Gasteiger charge is 2.29. The van der Waals surface area contributed by atoms with Crippen LogP contribution in [0.2, 0.25) is 0 Å². The molecule has 30 heavy (non-hydrogen) atoms. The van der Waals surface area contributed by atoms with Crippen LogP contribution < -0.4 is 20.7 Å². The fourth-order valence-electron chi connectivity index (χ4n) is 2.01. The molecule has 168 valence electrons. The van der Waals surface area contributed by atoms with Gasteiger partial charge in [0, 0.05) is 17.2 Å². The average molecular weight is 763 g/mol. The van der Waals surface area contributed by atoms with Crippen molar-refractivity contribution in [1.29, 1.82) is 0 Å². The van der Waals surface area contributed by atoms with Gasteiger partial charge in [-0.2, -0.15) is 0 Å². The number of hydrogen-bond donors (Lipinski definition) is 7. The zero-order chi connectivity index (χ0) is 23.0. The molecule has 0 saturated heterocycles. The molecule has 7 N–H and O–H groups in total. The maximum Gasteiger partial charge on any atom is 0.257 e. The largest absolute Gasteiger partial charge is 0.481 e. The summed E-state index contributed by atoms with van der Waals surface area (Å²) in [7, 11) is 1.43. The molecule has 1 unspecified atom stereocenters. The molecule has 0 bridgehead atoms. The lowest BCUT2D eigenvalue weighted by Crippen LogP contribution is -2.36. The normalized spacial score (nSPS) is 11.8. The van der Waals surface area contributed by atoms with Crippen LogP contribution in [0.25, 0.3) is 0 Å². The third kappa shape index (κ3) is 7.55. The third-order valence-electron chi connectivity index (χ3n) is 3.51. The van der Waals surface area contributed by atoms with Crippen molar-refractivity contribution in [2.45, 2.75) is 12.4 Å². The van der Waals surface area contributed by atoms with Gasteiger partial charge >= 0.3 is 0 Å². The van der Waals surface area contributed by atoms with Crippen molar-refractivity contribution in [3.63, 3.8) is 0 Å². The Balaban J connectivity index is 3.46. The lowest BCUT2D eigenvalue weighted by molar-refractivity contribution is -0.122. The molecule has 0 aliphatic carbocycles. The van der Waals surface area contributed by atoms with E-state index in [2.05, 4.69) is 16.0 Å². The molecule has 1 aromatic carbocycles. The van der Waals surface area contributed by atoms with Crippen LogP contribution in [0.1, 0.15) is 20.7 Å². The molecule has 0 spiro atoms. The number of nitrogens with one attached hydrogen (secondary N) is 3. The van der Waals surface area contributed by atoms with Gasteiger partial charge in [-0.25, -0.2) is 0 Å². The van der Waals surface area contributed by atoms with Crippen LogP contribution >= 0.6 is 67.8 Å². The molecular weight excluding hydrogens is 743 g/mol. The van der Waals surface area contributed by atoms with Crippen LogP contribution in [0.4, 0.5) is 0 Å². The van der Waals surface area contributed by atoms with E-state index in [0.717, 1.165) is 0 Å². The summed E-state index contributed by atoms with van der Waals surface area (Å²) in [6, 6.07) is 0. The fraction of sp³-hybridized carbons (Fsp3) is 0.438. The highest BCUT2D eigenvalue weighted by molar-refractivity contribution is 14.1. The van der Waals surface area contributed by atoms with Crippen molar-refractivity contribution < 1.29 is 39.5 Å². The van der Waals surface area contributed by atoms with Crippen molar-refractivity contribution in [1.82, 2.24) is 16.0 Å². The standard InChI is InChI=1S/C16H20I3N3O8/c1-20-7(25)5-30-14-12(18)9(15(28)21-2-6(24)4-23)11(17)10(13(14)19)16(29)22-3-8(26)27/h6,8,23-24,26-27H,2-5H2,1H3,(H,20,25)(H,21,28)(H,22,29). The summed E-state index contributed by atoms with van der Waals surface area (Å²) in [5.41, 5.74) is 0.125. The number of likely N-dealkylation sites (N-methyl/N-ethyl adjacent to an activating group) is 1. The molecule has 11 nitrogen and oxygen atoms in total. The van der Waals surface area contributed by atoms with Gasteiger partial charge in [-0.15, -0.1) is 0 Å².